The fraction of sp³-hybridized carbons (Fsp3) is 0.611. The second-order valence-electron chi connectivity index (χ2n) is 7.03. The molecule has 2 aliphatic rings. The summed E-state index contributed by atoms with van der Waals surface area (Å²) >= 11 is 0. The van der Waals surface area contributed by atoms with Gasteiger partial charge < -0.3 is 15.0 Å². The summed E-state index contributed by atoms with van der Waals surface area (Å²) in [6, 6.07) is 3.41. The van der Waals surface area contributed by atoms with Gasteiger partial charge in [0, 0.05) is 37.0 Å². The van der Waals surface area contributed by atoms with E-state index >= 15 is 0 Å². The van der Waals surface area contributed by atoms with Crippen molar-refractivity contribution in [2.45, 2.75) is 32.3 Å². The van der Waals surface area contributed by atoms with E-state index in [9.17, 15) is 9.59 Å². The molecule has 2 aliphatic heterocycles. The summed E-state index contributed by atoms with van der Waals surface area (Å²) in [6.45, 7) is 6.59. The van der Waals surface area contributed by atoms with E-state index in [0.717, 1.165) is 19.4 Å². The van der Waals surface area contributed by atoms with Gasteiger partial charge in [-0.1, -0.05) is 13.8 Å². The Hall–Kier alpha value is -1.95. The van der Waals surface area contributed by atoms with Crippen LogP contribution in [0.4, 0.5) is 0 Å². The molecular weight excluding hydrogens is 306 g/mol. The maximum atomic E-state index is 12.1. The van der Waals surface area contributed by atoms with Crippen molar-refractivity contribution in [3.05, 3.63) is 30.1 Å². The Morgan fingerprint density at radius 1 is 1.38 bits per heavy atom. The smallest absolute Gasteiger partial charge is 0.251 e. The number of pyridine rings is 1. The molecule has 24 heavy (non-hydrogen) atoms. The Labute approximate surface area is 142 Å². The number of amides is 2. The van der Waals surface area contributed by atoms with Crippen molar-refractivity contribution in [3.63, 3.8) is 0 Å². The SMILES string of the molecule is CC(C)C(=O)N1CC2(C1)OCC[C@@H]2CCNC(=O)c1ccncc1. The highest BCUT2D eigenvalue weighted by Gasteiger charge is 2.54. The lowest BCUT2D eigenvalue weighted by Gasteiger charge is -2.50. The van der Waals surface area contributed by atoms with E-state index in [0.29, 0.717) is 31.1 Å². The van der Waals surface area contributed by atoms with Gasteiger partial charge in [0.25, 0.3) is 5.91 Å². The molecule has 0 radical (unpaired) electrons. The van der Waals surface area contributed by atoms with Gasteiger partial charge in [-0.25, -0.2) is 0 Å². The average Bonchev–Trinajstić information content (AvgIpc) is 2.97. The summed E-state index contributed by atoms with van der Waals surface area (Å²) in [4.78, 5) is 29.9. The largest absolute Gasteiger partial charge is 0.371 e. The fourth-order valence-corrected chi connectivity index (χ4v) is 3.63. The molecule has 6 heteroatoms. The predicted molar refractivity (Wildman–Crippen MR) is 89.4 cm³/mol. The maximum Gasteiger partial charge on any atom is 0.251 e. The Balaban J connectivity index is 1.47. The standard InChI is InChI=1S/C18H25N3O3/c1-13(2)17(23)21-11-18(12-21)15(6-10-24-18)5-9-20-16(22)14-3-7-19-8-4-14/h3-4,7-8,13,15H,5-6,9-12H2,1-2H3,(H,20,22)/t15-/m0/s1. The Morgan fingerprint density at radius 3 is 2.75 bits per heavy atom. The van der Waals surface area contributed by atoms with Crippen LogP contribution in [0.3, 0.4) is 0 Å². The van der Waals surface area contributed by atoms with E-state index in [1.807, 2.05) is 18.7 Å². The van der Waals surface area contributed by atoms with Crippen molar-refractivity contribution in [1.29, 1.82) is 0 Å². The summed E-state index contributed by atoms with van der Waals surface area (Å²) in [6.07, 6.45) is 5.10. The van der Waals surface area contributed by atoms with Crippen LogP contribution in [0.5, 0.6) is 0 Å². The van der Waals surface area contributed by atoms with E-state index in [1.165, 1.54) is 0 Å². The van der Waals surface area contributed by atoms with Crippen LogP contribution in [0.2, 0.25) is 0 Å². The summed E-state index contributed by atoms with van der Waals surface area (Å²) in [7, 11) is 0. The highest BCUT2D eigenvalue weighted by Crippen LogP contribution is 2.41. The second kappa shape index (κ2) is 6.89. The number of likely N-dealkylation sites (tertiary alicyclic amines) is 1. The molecule has 1 aromatic heterocycles. The summed E-state index contributed by atoms with van der Waals surface area (Å²) in [5.74, 6) is 0.546. The first-order valence-corrected chi connectivity index (χ1v) is 8.63. The lowest BCUT2D eigenvalue weighted by atomic mass is 9.78. The Kier molecular flexibility index (Phi) is 4.85. The molecule has 0 bridgehead atoms. The third-order valence-corrected chi connectivity index (χ3v) is 5.04. The van der Waals surface area contributed by atoms with Crippen LogP contribution in [-0.2, 0) is 9.53 Å². The Morgan fingerprint density at radius 2 is 2.08 bits per heavy atom. The molecule has 6 nitrogen and oxygen atoms in total. The Bertz CT molecular complexity index is 597. The molecule has 2 amide bonds. The molecule has 2 fully saturated rings. The molecule has 1 N–H and O–H groups in total. The molecular formula is C18H25N3O3. The van der Waals surface area contributed by atoms with Crippen molar-refractivity contribution < 1.29 is 14.3 Å². The molecule has 0 aromatic carbocycles. The number of aromatic nitrogens is 1. The van der Waals surface area contributed by atoms with Gasteiger partial charge in [0.15, 0.2) is 0 Å². The number of rotatable bonds is 5. The fourth-order valence-electron chi connectivity index (χ4n) is 3.63. The number of hydrogen-bond acceptors (Lipinski definition) is 4. The number of carbonyl (C=O) groups excluding carboxylic acids is 2. The van der Waals surface area contributed by atoms with Crippen molar-refractivity contribution in [2.24, 2.45) is 11.8 Å². The first-order valence-electron chi connectivity index (χ1n) is 8.63. The van der Waals surface area contributed by atoms with Crippen LogP contribution >= 0.6 is 0 Å². The molecule has 130 valence electrons. The molecule has 1 spiro atoms. The van der Waals surface area contributed by atoms with Crippen molar-refractivity contribution >= 4 is 11.8 Å². The molecule has 0 aliphatic carbocycles. The molecule has 1 atom stereocenters. The monoisotopic (exact) mass is 331 g/mol. The topological polar surface area (TPSA) is 71.5 Å². The number of carbonyl (C=O) groups is 2. The van der Waals surface area contributed by atoms with Crippen molar-refractivity contribution in [2.75, 3.05) is 26.2 Å². The van der Waals surface area contributed by atoms with Gasteiger partial charge in [0.05, 0.1) is 13.1 Å². The first-order chi connectivity index (χ1) is 11.5. The van der Waals surface area contributed by atoms with E-state index in [-0.39, 0.29) is 23.3 Å². The van der Waals surface area contributed by atoms with Gasteiger partial charge in [-0.05, 0) is 30.9 Å². The normalized spacial score (nSPS) is 21.8. The molecule has 0 saturated carbocycles. The molecule has 0 unspecified atom stereocenters. The third-order valence-electron chi connectivity index (χ3n) is 5.04. The molecule has 3 rings (SSSR count). The third kappa shape index (κ3) is 3.29. The van der Waals surface area contributed by atoms with Crippen LogP contribution < -0.4 is 5.32 Å². The van der Waals surface area contributed by atoms with E-state index in [4.69, 9.17) is 4.74 Å². The summed E-state index contributed by atoms with van der Waals surface area (Å²) < 4.78 is 5.98. The van der Waals surface area contributed by atoms with Crippen LogP contribution in [0.25, 0.3) is 0 Å². The van der Waals surface area contributed by atoms with Crippen LogP contribution in [0, 0.1) is 11.8 Å². The van der Waals surface area contributed by atoms with Crippen LogP contribution in [0.15, 0.2) is 24.5 Å². The quantitative estimate of drug-likeness (QED) is 0.887. The number of ether oxygens (including phenoxy) is 1. The van der Waals surface area contributed by atoms with Crippen molar-refractivity contribution in [1.82, 2.24) is 15.2 Å². The van der Waals surface area contributed by atoms with E-state index in [1.54, 1.807) is 24.5 Å². The lowest BCUT2D eigenvalue weighted by Crippen LogP contribution is -2.66. The van der Waals surface area contributed by atoms with E-state index in [2.05, 4.69) is 10.3 Å². The average molecular weight is 331 g/mol. The van der Waals surface area contributed by atoms with E-state index < -0.39 is 0 Å². The molecule has 3 heterocycles. The van der Waals surface area contributed by atoms with Crippen LogP contribution in [-0.4, -0.2) is 53.5 Å². The minimum absolute atomic E-state index is 0.0295. The highest BCUT2D eigenvalue weighted by molar-refractivity contribution is 5.93. The maximum absolute atomic E-state index is 12.1. The van der Waals surface area contributed by atoms with Gasteiger partial charge >= 0.3 is 0 Å². The molecule has 1 aromatic rings. The zero-order valence-corrected chi connectivity index (χ0v) is 14.3. The van der Waals surface area contributed by atoms with Crippen LogP contribution in [0.1, 0.15) is 37.0 Å². The van der Waals surface area contributed by atoms with Crippen molar-refractivity contribution in [3.8, 4) is 0 Å². The lowest BCUT2D eigenvalue weighted by molar-refractivity contribution is -0.168. The minimum atomic E-state index is -0.189. The van der Waals surface area contributed by atoms with Gasteiger partial charge in [0.1, 0.15) is 5.60 Å². The number of nitrogens with zero attached hydrogens (tertiary/aromatic N) is 2. The van der Waals surface area contributed by atoms with Gasteiger partial charge in [-0.2, -0.15) is 0 Å². The number of nitrogens with one attached hydrogen (secondary N) is 1. The van der Waals surface area contributed by atoms with Gasteiger partial charge in [-0.15, -0.1) is 0 Å². The highest BCUT2D eigenvalue weighted by atomic mass is 16.5. The molecule has 2 saturated heterocycles. The summed E-state index contributed by atoms with van der Waals surface area (Å²) in [5, 5.41) is 2.96. The minimum Gasteiger partial charge on any atom is -0.371 e. The van der Waals surface area contributed by atoms with Gasteiger partial charge in [0.2, 0.25) is 5.91 Å². The summed E-state index contributed by atoms with van der Waals surface area (Å²) in [5.41, 5.74) is 0.436. The zero-order valence-electron chi connectivity index (χ0n) is 14.3. The number of hydrogen-bond donors (Lipinski definition) is 1. The first kappa shape index (κ1) is 16.9. The second-order valence-corrected chi connectivity index (χ2v) is 7.03. The predicted octanol–water partition coefficient (Wildman–Crippen LogP) is 1.47. The zero-order chi connectivity index (χ0) is 17.2. The van der Waals surface area contributed by atoms with Gasteiger partial charge in [-0.3, -0.25) is 14.6 Å².